The summed E-state index contributed by atoms with van der Waals surface area (Å²) in [5.41, 5.74) is 0.211. The summed E-state index contributed by atoms with van der Waals surface area (Å²) in [5, 5.41) is 12.5. The fourth-order valence-electron chi connectivity index (χ4n) is 2.04. The first-order valence-corrected chi connectivity index (χ1v) is 4.95. The Kier molecular flexibility index (Phi) is 2.71. The highest BCUT2D eigenvalue weighted by molar-refractivity contribution is 5.29. The van der Waals surface area contributed by atoms with E-state index in [0.29, 0.717) is 12.1 Å². The molecule has 1 fully saturated rings. The molecule has 1 saturated heterocycles. The molecule has 0 aliphatic carbocycles. The molecule has 15 heavy (non-hydrogen) atoms. The lowest BCUT2D eigenvalue weighted by atomic mass is 9.80. The summed E-state index contributed by atoms with van der Waals surface area (Å²) < 4.78 is 25.8. The summed E-state index contributed by atoms with van der Waals surface area (Å²) in [4.78, 5) is 0. The summed E-state index contributed by atoms with van der Waals surface area (Å²) in [6, 6.07) is 3.83. The van der Waals surface area contributed by atoms with E-state index in [-0.39, 0.29) is 6.61 Å². The first kappa shape index (κ1) is 10.5. The van der Waals surface area contributed by atoms with Crippen LogP contribution in [0.4, 0.5) is 8.78 Å². The normalized spacial score (nSPS) is 25.8. The average molecular weight is 213 g/mol. The van der Waals surface area contributed by atoms with Crippen LogP contribution in [0.3, 0.4) is 0 Å². The molecule has 1 atom stereocenters. The molecule has 1 aliphatic heterocycles. The Labute approximate surface area is 86.9 Å². The number of nitrogens with one attached hydrogen (secondary N) is 1. The van der Waals surface area contributed by atoms with E-state index in [9.17, 15) is 13.9 Å². The molecule has 1 unspecified atom stereocenters. The predicted molar refractivity (Wildman–Crippen MR) is 52.6 cm³/mol. The van der Waals surface area contributed by atoms with Crippen molar-refractivity contribution >= 4 is 0 Å². The van der Waals surface area contributed by atoms with Crippen molar-refractivity contribution in [2.24, 2.45) is 0 Å². The molecule has 0 bridgehead atoms. The van der Waals surface area contributed by atoms with Gasteiger partial charge in [-0.1, -0.05) is 6.07 Å². The Balaban J connectivity index is 2.38. The summed E-state index contributed by atoms with van der Waals surface area (Å²) in [6.07, 6.45) is 0.745. The zero-order chi connectivity index (χ0) is 10.9. The molecule has 0 aromatic heterocycles. The molecule has 0 saturated carbocycles. The Morgan fingerprint density at radius 3 is 2.67 bits per heavy atom. The molecule has 1 aromatic carbocycles. The molecule has 82 valence electrons. The van der Waals surface area contributed by atoms with Gasteiger partial charge >= 0.3 is 0 Å². The molecule has 2 N–H and O–H groups in total. The third-order valence-electron chi connectivity index (χ3n) is 3.08. The quantitative estimate of drug-likeness (QED) is 0.773. The van der Waals surface area contributed by atoms with Gasteiger partial charge in [0.2, 0.25) is 0 Å². The van der Waals surface area contributed by atoms with E-state index in [2.05, 4.69) is 5.32 Å². The van der Waals surface area contributed by atoms with Gasteiger partial charge in [-0.05, 0) is 30.7 Å². The summed E-state index contributed by atoms with van der Waals surface area (Å²) in [7, 11) is 0. The van der Waals surface area contributed by atoms with Gasteiger partial charge in [-0.3, -0.25) is 0 Å². The number of aliphatic hydroxyl groups excluding tert-OH is 1. The second-order valence-electron chi connectivity index (χ2n) is 3.99. The SMILES string of the molecule is OCC1(c2ccc(F)c(F)c2)CCNC1. The highest BCUT2D eigenvalue weighted by atomic mass is 19.2. The number of hydrogen-bond donors (Lipinski definition) is 2. The van der Waals surface area contributed by atoms with Crippen LogP contribution in [0.25, 0.3) is 0 Å². The smallest absolute Gasteiger partial charge is 0.159 e. The minimum atomic E-state index is -0.854. The van der Waals surface area contributed by atoms with Crippen LogP contribution in [0.1, 0.15) is 12.0 Å². The van der Waals surface area contributed by atoms with Crippen molar-refractivity contribution in [2.45, 2.75) is 11.8 Å². The molecular formula is C11H13F2NO. The average Bonchev–Trinajstić information content (AvgIpc) is 2.72. The Hall–Kier alpha value is -1.00. The highest BCUT2D eigenvalue weighted by Crippen LogP contribution is 2.30. The van der Waals surface area contributed by atoms with Crippen LogP contribution in [0.5, 0.6) is 0 Å². The van der Waals surface area contributed by atoms with Crippen LogP contribution in [-0.4, -0.2) is 24.8 Å². The van der Waals surface area contributed by atoms with Crippen molar-refractivity contribution in [3.05, 3.63) is 35.4 Å². The molecule has 2 nitrogen and oxygen atoms in total. The van der Waals surface area contributed by atoms with Crippen LogP contribution in [-0.2, 0) is 5.41 Å². The van der Waals surface area contributed by atoms with E-state index >= 15 is 0 Å². The van der Waals surface area contributed by atoms with Crippen LogP contribution >= 0.6 is 0 Å². The Morgan fingerprint density at radius 1 is 1.33 bits per heavy atom. The fraction of sp³-hybridized carbons (Fsp3) is 0.455. The van der Waals surface area contributed by atoms with Crippen LogP contribution in [0, 0.1) is 11.6 Å². The molecular weight excluding hydrogens is 200 g/mol. The van der Waals surface area contributed by atoms with Crippen molar-refractivity contribution < 1.29 is 13.9 Å². The van der Waals surface area contributed by atoms with Gasteiger partial charge in [-0.2, -0.15) is 0 Å². The lowest BCUT2D eigenvalue weighted by molar-refractivity contribution is 0.205. The first-order valence-electron chi connectivity index (χ1n) is 4.95. The lowest BCUT2D eigenvalue weighted by Gasteiger charge is -2.26. The van der Waals surface area contributed by atoms with Gasteiger partial charge in [0, 0.05) is 12.0 Å². The second-order valence-corrected chi connectivity index (χ2v) is 3.99. The van der Waals surface area contributed by atoms with Crippen LogP contribution in [0.15, 0.2) is 18.2 Å². The maximum absolute atomic E-state index is 13.1. The van der Waals surface area contributed by atoms with Crippen molar-refractivity contribution in [3.63, 3.8) is 0 Å². The molecule has 0 spiro atoms. The van der Waals surface area contributed by atoms with Gasteiger partial charge in [0.05, 0.1) is 6.61 Å². The number of hydrogen-bond acceptors (Lipinski definition) is 2. The topological polar surface area (TPSA) is 32.3 Å². The fourth-order valence-corrected chi connectivity index (χ4v) is 2.04. The Bertz CT molecular complexity index is 362. The summed E-state index contributed by atoms with van der Waals surface area (Å²) in [5.74, 6) is -1.70. The van der Waals surface area contributed by atoms with E-state index in [1.165, 1.54) is 6.07 Å². The van der Waals surface area contributed by atoms with E-state index in [1.54, 1.807) is 6.07 Å². The summed E-state index contributed by atoms with van der Waals surface area (Å²) >= 11 is 0. The van der Waals surface area contributed by atoms with Gasteiger partial charge in [0.25, 0.3) is 0 Å². The first-order chi connectivity index (χ1) is 7.18. The summed E-state index contributed by atoms with van der Waals surface area (Å²) in [6.45, 7) is 1.35. The Morgan fingerprint density at radius 2 is 2.13 bits per heavy atom. The van der Waals surface area contributed by atoms with Crippen molar-refractivity contribution in [1.82, 2.24) is 5.32 Å². The molecule has 1 aromatic rings. The third-order valence-corrected chi connectivity index (χ3v) is 3.08. The van der Waals surface area contributed by atoms with Crippen molar-refractivity contribution in [3.8, 4) is 0 Å². The molecule has 4 heteroatoms. The van der Waals surface area contributed by atoms with E-state index < -0.39 is 17.0 Å². The molecule has 1 heterocycles. The van der Waals surface area contributed by atoms with E-state index in [4.69, 9.17) is 0 Å². The highest BCUT2D eigenvalue weighted by Gasteiger charge is 2.35. The standard InChI is InChI=1S/C11H13F2NO/c12-9-2-1-8(5-10(9)13)11(7-15)3-4-14-6-11/h1-2,5,14-15H,3-4,6-7H2. The van der Waals surface area contributed by atoms with Gasteiger partial charge in [-0.15, -0.1) is 0 Å². The maximum atomic E-state index is 13.1. The lowest BCUT2D eigenvalue weighted by Crippen LogP contribution is -2.33. The van der Waals surface area contributed by atoms with Crippen LogP contribution < -0.4 is 5.32 Å². The van der Waals surface area contributed by atoms with E-state index in [0.717, 1.165) is 19.0 Å². The minimum absolute atomic E-state index is 0.0505. The molecule has 0 radical (unpaired) electrons. The minimum Gasteiger partial charge on any atom is -0.395 e. The number of benzene rings is 1. The monoisotopic (exact) mass is 213 g/mol. The van der Waals surface area contributed by atoms with Crippen LogP contribution in [0.2, 0.25) is 0 Å². The number of aliphatic hydroxyl groups is 1. The van der Waals surface area contributed by atoms with Gasteiger partial charge in [-0.25, -0.2) is 8.78 Å². The van der Waals surface area contributed by atoms with Gasteiger partial charge in [0.15, 0.2) is 11.6 Å². The van der Waals surface area contributed by atoms with Crippen molar-refractivity contribution in [2.75, 3.05) is 19.7 Å². The molecule has 2 rings (SSSR count). The second kappa shape index (κ2) is 3.87. The zero-order valence-electron chi connectivity index (χ0n) is 8.26. The van der Waals surface area contributed by atoms with Crippen molar-refractivity contribution in [1.29, 1.82) is 0 Å². The van der Waals surface area contributed by atoms with Gasteiger partial charge < -0.3 is 10.4 Å². The third kappa shape index (κ3) is 1.75. The number of rotatable bonds is 2. The predicted octanol–water partition coefficient (Wildman–Crippen LogP) is 1.19. The molecule has 1 aliphatic rings. The maximum Gasteiger partial charge on any atom is 0.159 e. The number of halogens is 2. The van der Waals surface area contributed by atoms with Gasteiger partial charge in [0.1, 0.15) is 0 Å². The van der Waals surface area contributed by atoms with E-state index in [1.807, 2.05) is 0 Å². The molecule has 0 amide bonds. The largest absolute Gasteiger partial charge is 0.395 e. The zero-order valence-corrected chi connectivity index (χ0v) is 8.26.